The van der Waals surface area contributed by atoms with E-state index in [1.54, 1.807) is 0 Å². The van der Waals surface area contributed by atoms with Crippen molar-refractivity contribution in [3.8, 4) is 0 Å². The van der Waals surface area contributed by atoms with Gasteiger partial charge in [0.25, 0.3) is 0 Å². The van der Waals surface area contributed by atoms with Crippen LogP contribution in [0.3, 0.4) is 0 Å². The molecular weight excluding hydrogens is 308 g/mol. The molecule has 0 radical (unpaired) electrons. The summed E-state index contributed by atoms with van der Waals surface area (Å²) in [4.78, 5) is 24.5. The van der Waals surface area contributed by atoms with E-state index >= 15 is 0 Å². The number of ketones is 1. The first-order valence-electron chi connectivity index (χ1n) is 7.34. The van der Waals surface area contributed by atoms with E-state index in [0.717, 1.165) is 19.3 Å². The van der Waals surface area contributed by atoms with E-state index in [2.05, 4.69) is 0 Å². The van der Waals surface area contributed by atoms with E-state index in [0.29, 0.717) is 10.8 Å². The molecule has 0 aromatic carbocycles. The van der Waals surface area contributed by atoms with Crippen LogP contribution in [0.2, 0.25) is 0 Å². The predicted molar refractivity (Wildman–Crippen MR) is 86.1 cm³/mol. The molecule has 0 unspecified atom stereocenters. The van der Waals surface area contributed by atoms with Gasteiger partial charge in [0.15, 0.2) is 0 Å². The molecule has 4 nitrogen and oxygen atoms in total. The smallest absolute Gasteiger partial charge is 0.309 e. The average molecular weight is 330 g/mol. The molecule has 2 aliphatic carbocycles. The zero-order chi connectivity index (χ0) is 15.6. The molecule has 2 aliphatic rings. The minimum Gasteiger partial charge on any atom is -0.475 e. The fourth-order valence-electron chi connectivity index (χ4n) is 3.84. The number of ether oxygens (including phenoxy) is 2. The molecule has 0 aromatic heterocycles. The molecule has 2 saturated carbocycles. The average Bonchev–Trinajstić information content (AvgIpc) is 2.47. The van der Waals surface area contributed by atoms with Crippen molar-refractivity contribution in [2.24, 2.45) is 23.7 Å². The molecule has 0 spiro atoms. The highest BCUT2D eigenvalue weighted by Crippen LogP contribution is 2.46. The van der Waals surface area contributed by atoms with Gasteiger partial charge in [0.1, 0.15) is 11.9 Å². The van der Waals surface area contributed by atoms with Crippen LogP contribution in [-0.4, -0.2) is 35.6 Å². The Morgan fingerprint density at radius 1 is 1.43 bits per heavy atom. The van der Waals surface area contributed by atoms with Crippen molar-refractivity contribution in [1.82, 2.24) is 0 Å². The molecule has 0 N–H and O–H groups in total. The number of fused-ring (bicyclic) bond motifs is 1. The number of carbonyl (C=O) groups excluding carboxylic acids is 2. The summed E-state index contributed by atoms with van der Waals surface area (Å²) in [6, 6.07) is 0. The van der Waals surface area contributed by atoms with Gasteiger partial charge >= 0.3 is 5.97 Å². The Hall–Kier alpha value is -0.620. The minimum absolute atomic E-state index is 0.0601. The summed E-state index contributed by atoms with van der Waals surface area (Å²) in [6.07, 6.45) is 4.91. The Bertz CT molecular complexity index is 437. The lowest BCUT2D eigenvalue weighted by Gasteiger charge is -2.46. The molecule has 118 valence electrons. The number of hydrogen-bond acceptors (Lipinski definition) is 6. The van der Waals surface area contributed by atoms with E-state index in [1.165, 1.54) is 18.9 Å². The zero-order valence-electron chi connectivity index (χ0n) is 12.7. The molecule has 0 heterocycles. The lowest BCUT2D eigenvalue weighted by atomic mass is 9.60. The maximum absolute atomic E-state index is 12.4. The van der Waals surface area contributed by atoms with E-state index in [4.69, 9.17) is 21.7 Å². The van der Waals surface area contributed by atoms with Crippen molar-refractivity contribution in [3.63, 3.8) is 0 Å². The predicted octanol–water partition coefficient (Wildman–Crippen LogP) is 2.83. The first kappa shape index (κ1) is 16.7. The number of thiocarbonyl (C=S) groups is 1. The van der Waals surface area contributed by atoms with Gasteiger partial charge in [-0.3, -0.25) is 9.59 Å². The molecule has 0 aromatic rings. The van der Waals surface area contributed by atoms with Crippen LogP contribution in [0.25, 0.3) is 0 Å². The van der Waals surface area contributed by atoms with Crippen molar-refractivity contribution >= 4 is 40.1 Å². The lowest BCUT2D eigenvalue weighted by Crippen LogP contribution is -2.51. The summed E-state index contributed by atoms with van der Waals surface area (Å²) < 4.78 is 11.3. The summed E-state index contributed by atoms with van der Waals surface area (Å²) in [5, 5.41) is 0. The molecule has 0 bridgehead atoms. The maximum atomic E-state index is 12.4. The summed E-state index contributed by atoms with van der Waals surface area (Å²) in [5.74, 6) is -0.553. The van der Waals surface area contributed by atoms with Crippen molar-refractivity contribution < 1.29 is 19.1 Å². The molecular formula is C15H22O4S2. The van der Waals surface area contributed by atoms with E-state index < -0.39 is 0 Å². The van der Waals surface area contributed by atoms with E-state index in [-0.39, 0.29) is 41.5 Å². The van der Waals surface area contributed by atoms with Gasteiger partial charge in [-0.05, 0) is 43.7 Å². The summed E-state index contributed by atoms with van der Waals surface area (Å²) in [5.41, 5.74) is 0. The highest BCUT2D eigenvalue weighted by Gasteiger charge is 2.51. The van der Waals surface area contributed by atoms with Gasteiger partial charge in [0, 0.05) is 18.3 Å². The Kier molecular flexibility index (Phi) is 5.66. The third-order valence-electron chi connectivity index (χ3n) is 4.76. The first-order valence-corrected chi connectivity index (χ1v) is 8.98. The van der Waals surface area contributed by atoms with Crippen LogP contribution in [0.1, 0.15) is 32.6 Å². The van der Waals surface area contributed by atoms with Crippen molar-refractivity contribution in [2.45, 2.75) is 38.7 Å². The molecule has 21 heavy (non-hydrogen) atoms. The quantitative estimate of drug-likeness (QED) is 0.573. The topological polar surface area (TPSA) is 52.6 Å². The van der Waals surface area contributed by atoms with Crippen LogP contribution in [-0.2, 0) is 19.1 Å². The van der Waals surface area contributed by atoms with Gasteiger partial charge in [0.05, 0.1) is 13.0 Å². The molecule has 0 saturated heterocycles. The minimum atomic E-state index is -0.337. The molecule has 0 amide bonds. The Morgan fingerprint density at radius 3 is 2.76 bits per heavy atom. The third-order valence-corrected chi connectivity index (χ3v) is 5.79. The second kappa shape index (κ2) is 7.09. The fourth-order valence-corrected chi connectivity index (χ4v) is 4.19. The summed E-state index contributed by atoms with van der Waals surface area (Å²) >= 11 is 6.57. The van der Waals surface area contributed by atoms with Crippen molar-refractivity contribution in [3.05, 3.63) is 0 Å². The van der Waals surface area contributed by atoms with Gasteiger partial charge < -0.3 is 9.47 Å². The summed E-state index contributed by atoms with van der Waals surface area (Å²) in [7, 11) is 1.39. The van der Waals surface area contributed by atoms with Crippen molar-refractivity contribution in [1.29, 1.82) is 0 Å². The number of methoxy groups -OCH3 is 1. The lowest BCUT2D eigenvalue weighted by molar-refractivity contribution is -0.161. The largest absolute Gasteiger partial charge is 0.475 e. The van der Waals surface area contributed by atoms with Crippen LogP contribution in [0.4, 0.5) is 0 Å². The van der Waals surface area contributed by atoms with Crippen LogP contribution < -0.4 is 0 Å². The number of rotatable bonds is 2. The third kappa shape index (κ3) is 3.42. The molecule has 5 atom stereocenters. The Balaban J connectivity index is 2.26. The van der Waals surface area contributed by atoms with Crippen LogP contribution >= 0.6 is 24.0 Å². The highest BCUT2D eigenvalue weighted by atomic mass is 32.2. The van der Waals surface area contributed by atoms with Gasteiger partial charge in [-0.15, -0.1) is 0 Å². The molecule has 2 rings (SSSR count). The van der Waals surface area contributed by atoms with Gasteiger partial charge in [-0.2, -0.15) is 0 Å². The SMILES string of the molecule is COC(=O)[C@H]1[C@H]2C(=O)CCC[C@@H]2[C@H](OC(=S)SC)C[C@@H]1C. The Morgan fingerprint density at radius 2 is 2.14 bits per heavy atom. The van der Waals surface area contributed by atoms with Crippen LogP contribution in [0.15, 0.2) is 0 Å². The molecule has 0 aliphatic heterocycles. The fraction of sp³-hybridized carbons (Fsp3) is 0.800. The first-order chi connectivity index (χ1) is 9.99. The zero-order valence-corrected chi connectivity index (χ0v) is 14.3. The molecule has 6 heteroatoms. The number of Topliss-reactive ketones (excluding diaryl/α,β-unsaturated/α-hetero) is 1. The van der Waals surface area contributed by atoms with Gasteiger partial charge in [-0.1, -0.05) is 18.7 Å². The number of esters is 1. The van der Waals surface area contributed by atoms with E-state index in [9.17, 15) is 9.59 Å². The molecule has 2 fully saturated rings. The number of thioether (sulfide) groups is 1. The van der Waals surface area contributed by atoms with Gasteiger partial charge in [0.2, 0.25) is 4.38 Å². The second-order valence-corrected chi connectivity index (χ2v) is 7.33. The number of carbonyl (C=O) groups is 2. The Labute approximate surface area is 135 Å². The van der Waals surface area contributed by atoms with Crippen LogP contribution in [0, 0.1) is 23.7 Å². The van der Waals surface area contributed by atoms with Gasteiger partial charge in [-0.25, -0.2) is 0 Å². The standard InChI is InChI=1S/C15H22O4S2/c1-8-7-11(19-15(20)21-3)9-5-4-6-10(16)13(9)12(8)14(17)18-2/h8-9,11-13H,4-7H2,1-3H3/t8-,9+,11+,12+,13+/m0/s1. The summed E-state index contributed by atoms with van der Waals surface area (Å²) in [6.45, 7) is 2.00. The van der Waals surface area contributed by atoms with Crippen molar-refractivity contribution in [2.75, 3.05) is 13.4 Å². The monoisotopic (exact) mass is 330 g/mol. The van der Waals surface area contributed by atoms with E-state index in [1.807, 2.05) is 13.2 Å². The highest BCUT2D eigenvalue weighted by molar-refractivity contribution is 8.22. The maximum Gasteiger partial charge on any atom is 0.309 e. The van der Waals surface area contributed by atoms with Crippen LogP contribution in [0.5, 0.6) is 0 Å². The normalized spacial score (nSPS) is 35.8. The number of hydrogen-bond donors (Lipinski definition) is 0. The second-order valence-electron chi connectivity index (χ2n) is 5.92.